The molecule has 4 bridgehead atoms. The number of esters is 1. The predicted octanol–water partition coefficient (Wildman–Crippen LogP) is 5.55. The molecule has 0 spiro atoms. The predicted molar refractivity (Wildman–Crippen MR) is 196 cm³/mol. The van der Waals surface area contributed by atoms with Crippen molar-refractivity contribution in [3.8, 4) is 5.75 Å². The van der Waals surface area contributed by atoms with E-state index in [1.165, 1.54) is 4.90 Å². The van der Waals surface area contributed by atoms with Crippen LogP contribution in [0.4, 0.5) is 0 Å². The van der Waals surface area contributed by atoms with Gasteiger partial charge in [0.15, 0.2) is 5.78 Å². The first-order valence-electron chi connectivity index (χ1n) is 18.1. The Morgan fingerprint density at radius 1 is 1.04 bits per heavy atom. The van der Waals surface area contributed by atoms with Crippen molar-refractivity contribution in [3.05, 3.63) is 96.6 Å². The summed E-state index contributed by atoms with van der Waals surface area (Å²) in [5.41, 5.74) is 0.574. The molecule has 2 saturated carbocycles. The molecule has 5 atom stereocenters. The maximum atomic E-state index is 14.6. The molecule has 4 aliphatic rings. The van der Waals surface area contributed by atoms with E-state index in [0.29, 0.717) is 31.4 Å². The van der Waals surface area contributed by atoms with Crippen LogP contribution in [0, 0.1) is 17.3 Å². The van der Waals surface area contributed by atoms with Gasteiger partial charge in [0.25, 0.3) is 0 Å². The van der Waals surface area contributed by atoms with Crippen molar-refractivity contribution in [1.29, 1.82) is 0 Å². The van der Waals surface area contributed by atoms with E-state index >= 15 is 0 Å². The molecule has 2 aliphatic heterocycles. The van der Waals surface area contributed by atoms with Crippen LogP contribution in [0.3, 0.4) is 0 Å². The van der Waals surface area contributed by atoms with Crippen LogP contribution in [-0.4, -0.2) is 67.4 Å². The van der Waals surface area contributed by atoms with Gasteiger partial charge in [-0.3, -0.25) is 23.9 Å². The largest absolute Gasteiger partial charge is 0.488 e. The van der Waals surface area contributed by atoms with Crippen molar-refractivity contribution in [2.24, 2.45) is 17.3 Å². The SMILES string of the molecule is C=C[C@@H]1C[C@]1(CC(=O)[C@@H]1C[C@@H]2CN1C(=O)[C@H](Cc1ccccc1)CC(=O)OCCC/C=C/c1ccc3cccc(c3c1)O2)C(=O)NS(=O)(=O)C1CC1. The highest BCUT2D eigenvalue weighted by molar-refractivity contribution is 7.90. The Kier molecular flexibility index (Phi) is 10.1. The van der Waals surface area contributed by atoms with Gasteiger partial charge in [-0.15, -0.1) is 6.58 Å². The van der Waals surface area contributed by atoms with Crippen molar-refractivity contribution in [2.45, 2.75) is 75.2 Å². The number of ether oxygens (including phenoxy) is 2. The summed E-state index contributed by atoms with van der Waals surface area (Å²) in [7, 11) is -3.84. The van der Waals surface area contributed by atoms with Gasteiger partial charge in [0, 0.05) is 18.2 Å². The molecule has 3 aromatic rings. The first-order valence-corrected chi connectivity index (χ1v) is 19.7. The molecule has 3 aromatic carbocycles. The summed E-state index contributed by atoms with van der Waals surface area (Å²) >= 11 is 0. The Hall–Kier alpha value is -4.77. The maximum absolute atomic E-state index is 14.6. The summed E-state index contributed by atoms with van der Waals surface area (Å²) in [4.78, 5) is 57.3. The summed E-state index contributed by atoms with van der Waals surface area (Å²) in [6, 6.07) is 20.3. The maximum Gasteiger partial charge on any atom is 0.306 e. The molecule has 52 heavy (non-hydrogen) atoms. The van der Waals surface area contributed by atoms with Crippen LogP contribution in [0.5, 0.6) is 5.75 Å². The molecule has 1 saturated heterocycles. The molecule has 7 rings (SSSR count). The number of nitrogens with zero attached hydrogens (tertiary/aromatic N) is 1. The number of carbonyl (C=O) groups is 4. The second-order valence-corrected chi connectivity index (χ2v) is 16.6. The number of Topliss-reactive ketones (excluding diaryl/α,β-unsaturated/α-hetero) is 1. The first kappa shape index (κ1) is 35.6. The number of carbonyl (C=O) groups excluding carboxylic acids is 4. The molecule has 0 aromatic heterocycles. The van der Waals surface area contributed by atoms with Crippen molar-refractivity contribution in [2.75, 3.05) is 13.2 Å². The van der Waals surface area contributed by atoms with Crippen LogP contribution in [0.25, 0.3) is 16.8 Å². The van der Waals surface area contributed by atoms with Gasteiger partial charge in [-0.05, 0) is 73.1 Å². The molecule has 1 N–H and O–H groups in total. The summed E-state index contributed by atoms with van der Waals surface area (Å²) in [5.74, 6) is -2.51. The van der Waals surface area contributed by atoms with Crippen molar-refractivity contribution >= 4 is 50.4 Å². The van der Waals surface area contributed by atoms with Crippen molar-refractivity contribution in [3.63, 3.8) is 0 Å². The molecular formula is C41H44N2O8S. The smallest absolute Gasteiger partial charge is 0.306 e. The highest BCUT2D eigenvalue weighted by atomic mass is 32.2. The van der Waals surface area contributed by atoms with Crippen LogP contribution in [-0.2, 0) is 40.4 Å². The zero-order valence-corrected chi connectivity index (χ0v) is 29.9. The zero-order valence-electron chi connectivity index (χ0n) is 29.1. The molecule has 3 fully saturated rings. The summed E-state index contributed by atoms with van der Waals surface area (Å²) in [6.07, 6.45) is 7.68. The minimum Gasteiger partial charge on any atom is -0.488 e. The third-order valence-electron chi connectivity index (χ3n) is 10.8. The Labute approximate surface area is 304 Å². The highest BCUT2D eigenvalue weighted by Crippen LogP contribution is 2.57. The van der Waals surface area contributed by atoms with Crippen LogP contribution in [0.2, 0.25) is 0 Å². The Morgan fingerprint density at radius 2 is 1.85 bits per heavy atom. The van der Waals surface area contributed by atoms with E-state index in [-0.39, 0.29) is 62.9 Å². The monoisotopic (exact) mass is 724 g/mol. The number of hydrogen-bond acceptors (Lipinski definition) is 8. The standard InChI is InChI=1S/C41H44N2O8S/c1-2-31-24-41(31,40(47)42-52(48,49)33-17-18-33)25-36(44)35-23-32-26-43(35)39(46)30(20-27-10-5-3-6-11-27)22-38(45)50-19-8-4-7-12-28-15-16-29-13-9-14-37(51-32)34(29)21-28/h2-3,5-7,9-16,21,30-33,35H,1,4,8,17-20,22-26H2,(H,42,47)/b12-7+/t30-,31-,32-,35+,41-/m1/s1. The van der Waals surface area contributed by atoms with Gasteiger partial charge in [0.1, 0.15) is 11.9 Å². The number of sulfonamides is 1. The van der Waals surface area contributed by atoms with Crippen molar-refractivity contribution in [1.82, 2.24) is 9.62 Å². The van der Waals surface area contributed by atoms with Crippen LogP contribution in [0.15, 0.2) is 85.5 Å². The lowest BCUT2D eigenvalue weighted by Gasteiger charge is -2.29. The number of cyclic esters (lactones) is 1. The van der Waals surface area contributed by atoms with Gasteiger partial charge in [-0.1, -0.05) is 72.8 Å². The Balaban J connectivity index is 1.22. The first-order chi connectivity index (χ1) is 25.1. The molecule has 2 amide bonds. The molecule has 0 radical (unpaired) electrons. The summed E-state index contributed by atoms with van der Waals surface area (Å²) in [5, 5.41) is 1.28. The highest BCUT2D eigenvalue weighted by Gasteiger charge is 2.61. The second-order valence-electron chi connectivity index (χ2n) is 14.6. The molecule has 2 aliphatic carbocycles. The van der Waals surface area contributed by atoms with E-state index in [1.807, 2.05) is 78.9 Å². The number of benzene rings is 3. The number of rotatable bonds is 9. The fourth-order valence-corrected chi connectivity index (χ4v) is 9.02. The van der Waals surface area contributed by atoms with E-state index in [0.717, 1.165) is 21.9 Å². The third-order valence-corrected chi connectivity index (χ3v) is 12.6. The molecule has 0 unspecified atom stereocenters. The average molecular weight is 725 g/mol. The quantitative estimate of drug-likeness (QED) is 0.224. The summed E-state index contributed by atoms with van der Waals surface area (Å²) < 4.78 is 39.9. The summed E-state index contributed by atoms with van der Waals surface area (Å²) in [6.45, 7) is 4.13. The third kappa shape index (κ3) is 7.70. The van der Waals surface area contributed by atoms with E-state index in [2.05, 4.69) is 11.3 Å². The van der Waals surface area contributed by atoms with Crippen LogP contribution < -0.4 is 9.46 Å². The zero-order chi connectivity index (χ0) is 36.5. The number of amides is 2. The van der Waals surface area contributed by atoms with Gasteiger partial charge in [0.05, 0.1) is 42.2 Å². The van der Waals surface area contributed by atoms with E-state index < -0.39 is 50.6 Å². The number of fused-ring (bicyclic) bond motifs is 3. The minimum atomic E-state index is -3.84. The van der Waals surface area contributed by atoms with E-state index in [4.69, 9.17) is 9.47 Å². The van der Waals surface area contributed by atoms with Gasteiger partial charge in [0.2, 0.25) is 21.8 Å². The number of nitrogens with one attached hydrogen (secondary N) is 1. The average Bonchev–Trinajstić information content (AvgIpc) is 4.06. The molecular weight excluding hydrogens is 681 g/mol. The Bertz CT molecular complexity index is 2020. The normalized spacial score (nSPS) is 27.2. The topological polar surface area (TPSA) is 136 Å². The molecule has 10 nitrogen and oxygen atoms in total. The van der Waals surface area contributed by atoms with Crippen molar-refractivity contribution < 1.29 is 37.1 Å². The molecule has 11 heteroatoms. The van der Waals surface area contributed by atoms with Gasteiger partial charge in [-0.2, -0.15) is 0 Å². The van der Waals surface area contributed by atoms with Gasteiger partial charge < -0.3 is 14.4 Å². The van der Waals surface area contributed by atoms with Crippen LogP contribution >= 0.6 is 0 Å². The van der Waals surface area contributed by atoms with E-state index in [1.54, 1.807) is 6.08 Å². The number of hydrogen-bond donors (Lipinski definition) is 1. The molecule has 272 valence electrons. The van der Waals surface area contributed by atoms with E-state index in [9.17, 15) is 27.6 Å². The minimum absolute atomic E-state index is 0.0890. The lowest BCUT2D eigenvalue weighted by atomic mass is 9.90. The lowest BCUT2D eigenvalue weighted by molar-refractivity contribution is -0.150. The van der Waals surface area contributed by atoms with Gasteiger partial charge >= 0.3 is 5.97 Å². The number of allylic oxidation sites excluding steroid dienone is 2. The number of ketones is 1. The van der Waals surface area contributed by atoms with Crippen LogP contribution in [0.1, 0.15) is 62.5 Å². The Morgan fingerprint density at radius 3 is 2.60 bits per heavy atom. The molecule has 2 heterocycles. The fourth-order valence-electron chi connectivity index (χ4n) is 7.63. The second kappa shape index (κ2) is 14.7. The van der Waals surface area contributed by atoms with Gasteiger partial charge in [-0.25, -0.2) is 8.42 Å². The fraction of sp³-hybridized carbons (Fsp3) is 0.415. The lowest BCUT2D eigenvalue weighted by Crippen LogP contribution is -2.47.